The largest absolute Gasteiger partial charge is 0.324 e. The number of rotatable bonds is 3. The summed E-state index contributed by atoms with van der Waals surface area (Å²) in [5.74, 6) is 0.639. The van der Waals surface area contributed by atoms with Gasteiger partial charge in [-0.1, -0.05) is 13.8 Å². The van der Waals surface area contributed by atoms with Crippen molar-refractivity contribution < 1.29 is 0 Å². The van der Waals surface area contributed by atoms with Gasteiger partial charge in [0, 0.05) is 17.8 Å². The summed E-state index contributed by atoms with van der Waals surface area (Å²) in [6, 6.07) is 0.133. The maximum Gasteiger partial charge on any atom is 0.0535 e. The zero-order valence-electron chi connectivity index (χ0n) is 7.04. The number of H-pyrrole nitrogens is 1. The molecule has 0 saturated carbocycles. The molecule has 62 valence electrons. The fraction of sp³-hybridized carbons (Fsp3) is 0.625. The first-order valence-electron chi connectivity index (χ1n) is 3.94. The molecule has 0 spiro atoms. The normalized spacial score (nSPS) is 13.8. The average Bonchev–Trinajstić information content (AvgIpc) is 2.35. The Morgan fingerprint density at radius 3 is 2.82 bits per heavy atom. The summed E-state index contributed by atoms with van der Waals surface area (Å²) in [5.41, 5.74) is 6.98. The number of nitrogens with zero attached hydrogens (tertiary/aromatic N) is 1. The van der Waals surface area contributed by atoms with E-state index in [1.165, 1.54) is 0 Å². The molecule has 3 N–H and O–H groups in total. The number of hydrogen-bond acceptors (Lipinski definition) is 2. The molecule has 1 aromatic rings. The van der Waals surface area contributed by atoms with Crippen LogP contribution in [0.25, 0.3) is 0 Å². The van der Waals surface area contributed by atoms with Gasteiger partial charge in [0.1, 0.15) is 0 Å². The lowest BCUT2D eigenvalue weighted by atomic mass is 10.0. The Hall–Kier alpha value is -0.830. The molecular weight excluding hydrogens is 138 g/mol. The second-order valence-electron chi connectivity index (χ2n) is 3.27. The van der Waals surface area contributed by atoms with Crippen molar-refractivity contribution in [1.82, 2.24) is 10.2 Å². The molecule has 0 aliphatic carbocycles. The molecule has 0 aromatic carbocycles. The third kappa shape index (κ3) is 2.35. The summed E-state index contributed by atoms with van der Waals surface area (Å²) >= 11 is 0. The molecule has 3 heteroatoms. The van der Waals surface area contributed by atoms with Crippen LogP contribution < -0.4 is 5.73 Å². The van der Waals surface area contributed by atoms with E-state index in [1.54, 1.807) is 6.20 Å². The monoisotopic (exact) mass is 153 g/mol. The lowest BCUT2D eigenvalue weighted by Crippen LogP contribution is -2.11. The van der Waals surface area contributed by atoms with Crippen molar-refractivity contribution >= 4 is 0 Å². The van der Waals surface area contributed by atoms with E-state index in [1.807, 2.05) is 6.20 Å². The third-order valence-corrected chi connectivity index (χ3v) is 1.67. The summed E-state index contributed by atoms with van der Waals surface area (Å²) in [5, 5.41) is 6.60. The van der Waals surface area contributed by atoms with Crippen LogP contribution >= 0.6 is 0 Å². The lowest BCUT2D eigenvalue weighted by molar-refractivity contribution is 0.510. The van der Waals surface area contributed by atoms with E-state index >= 15 is 0 Å². The van der Waals surface area contributed by atoms with Crippen molar-refractivity contribution in [2.75, 3.05) is 0 Å². The summed E-state index contributed by atoms with van der Waals surface area (Å²) in [6.45, 7) is 4.33. The van der Waals surface area contributed by atoms with Crippen LogP contribution in [-0.2, 0) is 0 Å². The van der Waals surface area contributed by atoms with Crippen LogP contribution in [0.5, 0.6) is 0 Å². The maximum absolute atomic E-state index is 5.88. The van der Waals surface area contributed by atoms with Crippen molar-refractivity contribution in [1.29, 1.82) is 0 Å². The Morgan fingerprint density at radius 2 is 2.36 bits per heavy atom. The molecule has 1 aromatic heterocycles. The minimum absolute atomic E-state index is 0.133. The van der Waals surface area contributed by atoms with Gasteiger partial charge in [-0.3, -0.25) is 5.10 Å². The first-order chi connectivity index (χ1) is 5.20. The molecule has 1 unspecified atom stereocenters. The third-order valence-electron chi connectivity index (χ3n) is 1.67. The Labute approximate surface area is 67.0 Å². The van der Waals surface area contributed by atoms with E-state index in [2.05, 4.69) is 24.0 Å². The van der Waals surface area contributed by atoms with Crippen LogP contribution in [0.3, 0.4) is 0 Å². The van der Waals surface area contributed by atoms with Gasteiger partial charge in [0.05, 0.1) is 6.20 Å². The molecule has 1 rings (SSSR count). The van der Waals surface area contributed by atoms with Crippen molar-refractivity contribution in [3.05, 3.63) is 18.0 Å². The van der Waals surface area contributed by atoms with E-state index in [0.29, 0.717) is 5.92 Å². The van der Waals surface area contributed by atoms with Gasteiger partial charge >= 0.3 is 0 Å². The molecule has 0 amide bonds. The first-order valence-corrected chi connectivity index (χ1v) is 3.94. The van der Waals surface area contributed by atoms with Gasteiger partial charge in [0.2, 0.25) is 0 Å². The van der Waals surface area contributed by atoms with E-state index in [4.69, 9.17) is 5.73 Å². The van der Waals surface area contributed by atoms with E-state index < -0.39 is 0 Å². The average molecular weight is 153 g/mol. The van der Waals surface area contributed by atoms with Crippen LogP contribution in [0.2, 0.25) is 0 Å². The summed E-state index contributed by atoms with van der Waals surface area (Å²) in [4.78, 5) is 0. The van der Waals surface area contributed by atoms with Crippen molar-refractivity contribution in [2.45, 2.75) is 26.3 Å². The molecular formula is C8H15N3. The molecule has 0 bridgehead atoms. The zero-order valence-corrected chi connectivity index (χ0v) is 7.04. The molecule has 11 heavy (non-hydrogen) atoms. The van der Waals surface area contributed by atoms with Gasteiger partial charge in [0.15, 0.2) is 0 Å². The number of hydrogen-bond donors (Lipinski definition) is 2. The quantitative estimate of drug-likeness (QED) is 0.690. The highest BCUT2D eigenvalue weighted by atomic mass is 15.1. The number of aromatic amines is 1. The molecule has 3 nitrogen and oxygen atoms in total. The number of nitrogens with two attached hydrogens (primary N) is 1. The highest BCUT2D eigenvalue weighted by Crippen LogP contribution is 2.16. The maximum atomic E-state index is 5.88. The topological polar surface area (TPSA) is 54.7 Å². The minimum atomic E-state index is 0.133. The van der Waals surface area contributed by atoms with Gasteiger partial charge in [-0.2, -0.15) is 5.10 Å². The predicted octanol–water partition coefficient (Wildman–Crippen LogP) is 1.46. The van der Waals surface area contributed by atoms with Crippen LogP contribution in [0, 0.1) is 5.92 Å². The van der Waals surface area contributed by atoms with E-state index in [0.717, 1.165) is 12.0 Å². The van der Waals surface area contributed by atoms with Crippen molar-refractivity contribution in [3.8, 4) is 0 Å². The first kappa shape index (κ1) is 8.27. The Balaban J connectivity index is 2.49. The van der Waals surface area contributed by atoms with E-state index in [-0.39, 0.29) is 6.04 Å². The molecule has 0 fully saturated rings. The van der Waals surface area contributed by atoms with Crippen molar-refractivity contribution in [3.63, 3.8) is 0 Å². The Morgan fingerprint density at radius 1 is 1.64 bits per heavy atom. The van der Waals surface area contributed by atoms with Gasteiger partial charge in [-0.15, -0.1) is 0 Å². The molecule has 0 saturated heterocycles. The molecule has 1 heterocycles. The van der Waals surface area contributed by atoms with Crippen LogP contribution in [0.1, 0.15) is 31.9 Å². The fourth-order valence-corrected chi connectivity index (χ4v) is 1.11. The van der Waals surface area contributed by atoms with Crippen LogP contribution in [0.15, 0.2) is 12.4 Å². The second-order valence-corrected chi connectivity index (χ2v) is 3.27. The Bertz CT molecular complexity index is 191. The fourth-order valence-electron chi connectivity index (χ4n) is 1.11. The van der Waals surface area contributed by atoms with Gasteiger partial charge in [-0.05, 0) is 12.3 Å². The lowest BCUT2D eigenvalue weighted by Gasteiger charge is -2.11. The second kappa shape index (κ2) is 3.53. The molecule has 0 aliphatic rings. The van der Waals surface area contributed by atoms with Gasteiger partial charge < -0.3 is 5.73 Å². The SMILES string of the molecule is CC(C)CC(N)c1cn[nH]c1. The van der Waals surface area contributed by atoms with Gasteiger partial charge in [0.25, 0.3) is 0 Å². The molecule has 0 radical (unpaired) electrons. The highest BCUT2D eigenvalue weighted by Gasteiger charge is 2.08. The smallest absolute Gasteiger partial charge is 0.0535 e. The van der Waals surface area contributed by atoms with Crippen LogP contribution in [0.4, 0.5) is 0 Å². The predicted molar refractivity (Wildman–Crippen MR) is 45.0 cm³/mol. The standard InChI is InChI=1S/C8H15N3/c1-6(2)3-8(9)7-4-10-11-5-7/h4-6,8H,3,9H2,1-2H3,(H,10,11). The summed E-state index contributed by atoms with van der Waals surface area (Å²) < 4.78 is 0. The Kier molecular flexibility index (Phi) is 2.65. The molecule has 1 atom stereocenters. The summed E-state index contributed by atoms with van der Waals surface area (Å²) in [6.07, 6.45) is 4.65. The number of nitrogens with one attached hydrogen (secondary N) is 1. The summed E-state index contributed by atoms with van der Waals surface area (Å²) in [7, 11) is 0. The minimum Gasteiger partial charge on any atom is -0.324 e. The highest BCUT2D eigenvalue weighted by molar-refractivity contribution is 5.08. The van der Waals surface area contributed by atoms with Gasteiger partial charge in [-0.25, -0.2) is 0 Å². The van der Waals surface area contributed by atoms with Crippen LogP contribution in [-0.4, -0.2) is 10.2 Å². The number of aromatic nitrogens is 2. The molecule has 0 aliphatic heterocycles. The van der Waals surface area contributed by atoms with Crippen molar-refractivity contribution in [2.24, 2.45) is 11.7 Å². The van der Waals surface area contributed by atoms with E-state index in [9.17, 15) is 0 Å². The zero-order chi connectivity index (χ0) is 8.27.